The van der Waals surface area contributed by atoms with Gasteiger partial charge in [0, 0.05) is 12.1 Å². The SMILES string of the molecule is CC(C)CC1CC2CCC(C1)N2. The second-order valence-electron chi connectivity index (χ2n) is 5.10. The molecule has 1 nitrogen and oxygen atoms in total. The smallest absolute Gasteiger partial charge is 0.00728 e. The monoisotopic (exact) mass is 167 g/mol. The van der Waals surface area contributed by atoms with Crippen LogP contribution in [0.3, 0.4) is 0 Å². The standard InChI is InChI=1S/C11H21N/c1-8(2)5-9-6-10-3-4-11(7-9)12-10/h8-12H,3-7H2,1-2H3. The Labute approximate surface area is 75.9 Å². The summed E-state index contributed by atoms with van der Waals surface area (Å²) in [6.45, 7) is 4.70. The number of hydrogen-bond donors (Lipinski definition) is 1. The highest BCUT2D eigenvalue weighted by Gasteiger charge is 2.33. The molecule has 70 valence electrons. The Morgan fingerprint density at radius 1 is 1.17 bits per heavy atom. The van der Waals surface area contributed by atoms with Crippen molar-refractivity contribution in [2.24, 2.45) is 11.8 Å². The average molecular weight is 167 g/mol. The van der Waals surface area contributed by atoms with E-state index in [9.17, 15) is 0 Å². The Bertz CT molecular complexity index is 141. The molecule has 1 heteroatoms. The van der Waals surface area contributed by atoms with E-state index < -0.39 is 0 Å². The van der Waals surface area contributed by atoms with Crippen LogP contribution in [-0.2, 0) is 0 Å². The molecule has 12 heavy (non-hydrogen) atoms. The minimum Gasteiger partial charge on any atom is -0.311 e. The molecule has 0 spiro atoms. The Morgan fingerprint density at radius 2 is 1.75 bits per heavy atom. The summed E-state index contributed by atoms with van der Waals surface area (Å²) in [5, 5.41) is 3.69. The molecule has 0 radical (unpaired) electrons. The first-order chi connectivity index (χ1) is 5.74. The minimum atomic E-state index is 0.882. The van der Waals surface area contributed by atoms with Crippen LogP contribution in [0.4, 0.5) is 0 Å². The van der Waals surface area contributed by atoms with Gasteiger partial charge in [0.2, 0.25) is 0 Å². The van der Waals surface area contributed by atoms with E-state index in [-0.39, 0.29) is 0 Å². The molecule has 0 aromatic rings. The van der Waals surface area contributed by atoms with E-state index in [1.165, 1.54) is 32.1 Å². The molecule has 2 atom stereocenters. The van der Waals surface area contributed by atoms with Crippen molar-refractivity contribution in [3.05, 3.63) is 0 Å². The van der Waals surface area contributed by atoms with Gasteiger partial charge in [0.25, 0.3) is 0 Å². The largest absolute Gasteiger partial charge is 0.311 e. The fourth-order valence-corrected chi connectivity index (χ4v) is 3.03. The Hall–Kier alpha value is -0.0400. The van der Waals surface area contributed by atoms with Gasteiger partial charge in [-0.15, -0.1) is 0 Å². The summed E-state index contributed by atoms with van der Waals surface area (Å²) >= 11 is 0. The van der Waals surface area contributed by atoms with Gasteiger partial charge >= 0.3 is 0 Å². The topological polar surface area (TPSA) is 12.0 Å². The molecule has 2 aliphatic heterocycles. The van der Waals surface area contributed by atoms with E-state index in [1.807, 2.05) is 0 Å². The Balaban J connectivity index is 1.85. The summed E-state index contributed by atoms with van der Waals surface area (Å²) in [6.07, 6.45) is 7.25. The van der Waals surface area contributed by atoms with Crippen molar-refractivity contribution >= 4 is 0 Å². The molecular weight excluding hydrogens is 146 g/mol. The summed E-state index contributed by atoms with van der Waals surface area (Å²) in [7, 11) is 0. The van der Waals surface area contributed by atoms with Gasteiger partial charge in [-0.25, -0.2) is 0 Å². The van der Waals surface area contributed by atoms with Crippen LogP contribution < -0.4 is 5.32 Å². The van der Waals surface area contributed by atoms with Crippen molar-refractivity contribution in [1.82, 2.24) is 5.32 Å². The number of piperidine rings is 1. The summed E-state index contributed by atoms with van der Waals surface area (Å²) in [5.74, 6) is 1.93. The van der Waals surface area contributed by atoms with Gasteiger partial charge in [0.15, 0.2) is 0 Å². The molecule has 1 N–H and O–H groups in total. The molecule has 0 aromatic carbocycles. The lowest BCUT2D eigenvalue weighted by Crippen LogP contribution is -2.38. The van der Waals surface area contributed by atoms with Crippen LogP contribution in [0.1, 0.15) is 46.0 Å². The van der Waals surface area contributed by atoms with Crippen LogP contribution >= 0.6 is 0 Å². The van der Waals surface area contributed by atoms with Crippen LogP contribution in [0.5, 0.6) is 0 Å². The molecule has 2 saturated heterocycles. The van der Waals surface area contributed by atoms with Gasteiger partial charge in [-0.05, 0) is 43.9 Å². The normalized spacial score (nSPS) is 40.8. The molecule has 2 aliphatic rings. The zero-order valence-corrected chi connectivity index (χ0v) is 8.34. The van der Waals surface area contributed by atoms with Crippen LogP contribution in [0, 0.1) is 11.8 Å². The first-order valence-corrected chi connectivity index (χ1v) is 5.50. The third-order valence-electron chi connectivity index (χ3n) is 3.38. The third kappa shape index (κ3) is 1.82. The van der Waals surface area contributed by atoms with E-state index in [1.54, 1.807) is 0 Å². The Morgan fingerprint density at radius 3 is 2.25 bits per heavy atom. The van der Waals surface area contributed by atoms with Crippen LogP contribution in [-0.4, -0.2) is 12.1 Å². The number of rotatable bonds is 2. The molecule has 0 aromatic heterocycles. The summed E-state index contributed by atoms with van der Waals surface area (Å²) in [5.41, 5.74) is 0. The Kier molecular flexibility index (Phi) is 2.40. The molecule has 0 aliphatic carbocycles. The third-order valence-corrected chi connectivity index (χ3v) is 3.38. The lowest BCUT2D eigenvalue weighted by molar-refractivity contribution is 0.263. The molecule has 2 heterocycles. The summed E-state index contributed by atoms with van der Waals surface area (Å²) < 4.78 is 0. The minimum absolute atomic E-state index is 0.882. The summed E-state index contributed by atoms with van der Waals surface area (Å²) in [6, 6.07) is 1.76. The second-order valence-corrected chi connectivity index (χ2v) is 5.10. The zero-order valence-electron chi connectivity index (χ0n) is 8.34. The van der Waals surface area contributed by atoms with E-state index >= 15 is 0 Å². The van der Waals surface area contributed by atoms with Crippen LogP contribution in [0.2, 0.25) is 0 Å². The maximum atomic E-state index is 3.69. The van der Waals surface area contributed by atoms with E-state index in [0.717, 1.165) is 23.9 Å². The maximum Gasteiger partial charge on any atom is 0.00728 e. The summed E-state index contributed by atoms with van der Waals surface area (Å²) in [4.78, 5) is 0. The van der Waals surface area contributed by atoms with Crippen molar-refractivity contribution in [2.75, 3.05) is 0 Å². The van der Waals surface area contributed by atoms with Gasteiger partial charge in [0.05, 0.1) is 0 Å². The van der Waals surface area contributed by atoms with Crippen molar-refractivity contribution in [2.45, 2.75) is 58.0 Å². The van der Waals surface area contributed by atoms with Crippen molar-refractivity contribution in [3.8, 4) is 0 Å². The molecule has 0 amide bonds. The van der Waals surface area contributed by atoms with Gasteiger partial charge < -0.3 is 5.32 Å². The van der Waals surface area contributed by atoms with Crippen molar-refractivity contribution < 1.29 is 0 Å². The number of nitrogens with one attached hydrogen (secondary N) is 1. The quantitative estimate of drug-likeness (QED) is 0.666. The lowest BCUT2D eigenvalue weighted by atomic mass is 9.86. The predicted molar refractivity (Wildman–Crippen MR) is 52.1 cm³/mol. The predicted octanol–water partition coefficient (Wildman–Crippen LogP) is 2.56. The van der Waals surface area contributed by atoms with Crippen LogP contribution in [0.25, 0.3) is 0 Å². The van der Waals surface area contributed by atoms with Gasteiger partial charge in [0.1, 0.15) is 0 Å². The molecule has 0 saturated carbocycles. The van der Waals surface area contributed by atoms with Gasteiger partial charge in [-0.2, -0.15) is 0 Å². The molecule has 2 bridgehead atoms. The fourth-order valence-electron chi connectivity index (χ4n) is 3.03. The van der Waals surface area contributed by atoms with Crippen molar-refractivity contribution in [1.29, 1.82) is 0 Å². The molecule has 2 rings (SSSR count). The lowest BCUT2D eigenvalue weighted by Gasteiger charge is -2.30. The highest BCUT2D eigenvalue weighted by Crippen LogP contribution is 2.34. The van der Waals surface area contributed by atoms with E-state index in [0.29, 0.717) is 0 Å². The van der Waals surface area contributed by atoms with E-state index in [4.69, 9.17) is 0 Å². The van der Waals surface area contributed by atoms with Gasteiger partial charge in [-0.1, -0.05) is 13.8 Å². The van der Waals surface area contributed by atoms with E-state index in [2.05, 4.69) is 19.2 Å². The first-order valence-electron chi connectivity index (χ1n) is 5.50. The number of hydrogen-bond acceptors (Lipinski definition) is 1. The average Bonchev–Trinajstić information content (AvgIpc) is 2.29. The van der Waals surface area contributed by atoms with Crippen LogP contribution in [0.15, 0.2) is 0 Å². The molecular formula is C11H21N. The zero-order chi connectivity index (χ0) is 8.55. The molecule has 2 unspecified atom stereocenters. The highest BCUT2D eigenvalue weighted by atomic mass is 15.0. The highest BCUT2D eigenvalue weighted by molar-refractivity contribution is 4.91. The maximum absolute atomic E-state index is 3.69. The van der Waals surface area contributed by atoms with Crippen molar-refractivity contribution in [3.63, 3.8) is 0 Å². The second kappa shape index (κ2) is 3.37. The molecule has 2 fully saturated rings. The van der Waals surface area contributed by atoms with Gasteiger partial charge in [-0.3, -0.25) is 0 Å². The first kappa shape index (κ1) is 8.55. The number of fused-ring (bicyclic) bond motifs is 2. The fraction of sp³-hybridized carbons (Fsp3) is 1.00.